The summed E-state index contributed by atoms with van der Waals surface area (Å²) in [6, 6.07) is 9.59. The monoisotopic (exact) mass is 432 g/mol. The number of benzene rings is 1. The van der Waals surface area contributed by atoms with E-state index in [1.807, 2.05) is 49.2 Å². The maximum Gasteiger partial charge on any atom is 0.247 e. The molecule has 0 bridgehead atoms. The van der Waals surface area contributed by atoms with Crippen molar-refractivity contribution >= 4 is 46.9 Å². The van der Waals surface area contributed by atoms with E-state index >= 15 is 0 Å². The summed E-state index contributed by atoms with van der Waals surface area (Å²) in [4.78, 5) is 15.1. The molecule has 2 heterocycles. The van der Waals surface area contributed by atoms with Crippen molar-refractivity contribution in [2.45, 2.75) is 50.3 Å². The Labute approximate surface area is 178 Å². The van der Waals surface area contributed by atoms with E-state index in [1.54, 1.807) is 15.9 Å². The van der Waals surface area contributed by atoms with Crippen molar-refractivity contribution in [1.29, 1.82) is 0 Å². The first-order valence-electron chi connectivity index (χ1n) is 9.19. The lowest BCUT2D eigenvalue weighted by Gasteiger charge is -2.17. The highest BCUT2D eigenvalue weighted by Crippen LogP contribution is 2.30. The average molecular weight is 433 g/mol. The molecule has 5 nitrogen and oxygen atoms in total. The molecule has 3 rings (SSSR count). The van der Waals surface area contributed by atoms with Crippen LogP contribution >= 0.6 is 35.3 Å². The number of aryl methyl sites for hydroxylation is 1. The maximum absolute atomic E-state index is 12.9. The van der Waals surface area contributed by atoms with E-state index in [2.05, 4.69) is 41.5 Å². The fourth-order valence-corrected chi connectivity index (χ4v) is 4.79. The predicted octanol–water partition coefficient (Wildman–Crippen LogP) is 6.07. The van der Waals surface area contributed by atoms with Crippen LogP contribution in [-0.2, 0) is 4.79 Å². The van der Waals surface area contributed by atoms with Crippen LogP contribution in [-0.4, -0.2) is 25.9 Å². The summed E-state index contributed by atoms with van der Waals surface area (Å²) in [6.45, 7) is 8.25. The zero-order valence-electron chi connectivity index (χ0n) is 16.4. The minimum Gasteiger partial charge on any atom is -0.324 e. The van der Waals surface area contributed by atoms with Crippen LogP contribution in [0.5, 0.6) is 0 Å². The summed E-state index contributed by atoms with van der Waals surface area (Å²) >= 11 is 8.78. The average Bonchev–Trinajstić information content (AvgIpc) is 3.32. The largest absolute Gasteiger partial charge is 0.324 e. The van der Waals surface area contributed by atoms with Crippen molar-refractivity contribution in [3.63, 3.8) is 0 Å². The van der Waals surface area contributed by atoms with Crippen LogP contribution in [0.25, 0.3) is 10.7 Å². The van der Waals surface area contributed by atoms with Crippen molar-refractivity contribution in [2.75, 3.05) is 5.32 Å². The van der Waals surface area contributed by atoms with Crippen LogP contribution < -0.4 is 5.32 Å². The molecule has 0 radical (unpaired) electrons. The minimum atomic E-state index is -0.489. The summed E-state index contributed by atoms with van der Waals surface area (Å²) in [5, 5.41) is 12.7. The molecule has 2 N–H and O–H groups in total. The lowest BCUT2D eigenvalue weighted by atomic mass is 10.2. The van der Waals surface area contributed by atoms with Gasteiger partial charge in [0.1, 0.15) is 6.04 Å². The first-order chi connectivity index (χ1) is 13.4. The molecule has 1 amide bonds. The molecular formula is C20H24N4OS3. The predicted molar refractivity (Wildman–Crippen MR) is 121 cm³/mol. The number of aromatic nitrogens is 3. The van der Waals surface area contributed by atoms with Gasteiger partial charge in [-0.25, -0.2) is 0 Å². The van der Waals surface area contributed by atoms with Gasteiger partial charge in [-0.1, -0.05) is 19.9 Å². The van der Waals surface area contributed by atoms with Gasteiger partial charge in [0, 0.05) is 15.8 Å². The highest BCUT2D eigenvalue weighted by molar-refractivity contribution is 7.99. The Hall–Kier alpha value is -1.90. The Kier molecular flexibility index (Phi) is 6.74. The highest BCUT2D eigenvalue weighted by Gasteiger charge is 2.22. The zero-order valence-corrected chi connectivity index (χ0v) is 18.8. The lowest BCUT2D eigenvalue weighted by molar-refractivity contribution is -0.118. The molecule has 148 valence electrons. The van der Waals surface area contributed by atoms with E-state index in [-0.39, 0.29) is 5.91 Å². The van der Waals surface area contributed by atoms with Crippen LogP contribution in [0.2, 0.25) is 0 Å². The van der Waals surface area contributed by atoms with E-state index < -0.39 is 6.04 Å². The number of carbonyl (C=O) groups excluding carboxylic acids is 1. The van der Waals surface area contributed by atoms with Gasteiger partial charge in [0.2, 0.25) is 5.91 Å². The third-order valence-electron chi connectivity index (χ3n) is 4.58. The van der Waals surface area contributed by atoms with Gasteiger partial charge in [0.15, 0.2) is 10.6 Å². The van der Waals surface area contributed by atoms with Gasteiger partial charge in [-0.05, 0) is 67.7 Å². The first kappa shape index (κ1) is 20.8. The number of H-pyrrole nitrogens is 1. The van der Waals surface area contributed by atoms with Crippen molar-refractivity contribution < 1.29 is 4.79 Å². The number of carbonyl (C=O) groups is 1. The van der Waals surface area contributed by atoms with Crippen molar-refractivity contribution in [1.82, 2.24) is 14.8 Å². The Bertz CT molecular complexity index is 1010. The topological polar surface area (TPSA) is 62.7 Å². The van der Waals surface area contributed by atoms with Crippen molar-refractivity contribution in [3.05, 3.63) is 46.0 Å². The highest BCUT2D eigenvalue weighted by atomic mass is 32.2. The van der Waals surface area contributed by atoms with Gasteiger partial charge in [0.05, 0.1) is 4.88 Å². The summed E-state index contributed by atoms with van der Waals surface area (Å²) in [5.41, 5.74) is 1.86. The molecule has 0 fully saturated rings. The smallest absolute Gasteiger partial charge is 0.247 e. The number of hydrogen-bond donors (Lipinski definition) is 2. The Morgan fingerprint density at radius 1 is 1.39 bits per heavy atom. The van der Waals surface area contributed by atoms with Gasteiger partial charge in [-0.2, -0.15) is 5.10 Å². The molecular weight excluding hydrogens is 408 g/mol. The van der Waals surface area contributed by atoms with E-state index in [0.29, 0.717) is 15.8 Å². The quantitative estimate of drug-likeness (QED) is 0.351. The van der Waals surface area contributed by atoms with Gasteiger partial charge in [-0.3, -0.25) is 14.5 Å². The number of anilines is 1. The summed E-state index contributed by atoms with van der Waals surface area (Å²) < 4.78 is 2.20. The number of thioether (sulfide) groups is 1. The molecule has 3 aromatic rings. The normalized spacial score (nSPS) is 13.3. The molecule has 0 saturated carbocycles. The van der Waals surface area contributed by atoms with Gasteiger partial charge in [0.25, 0.3) is 0 Å². The van der Waals surface area contributed by atoms with Gasteiger partial charge >= 0.3 is 0 Å². The number of thiophene rings is 1. The fraction of sp³-hybridized carbons (Fsp3) is 0.350. The van der Waals surface area contributed by atoms with E-state index in [4.69, 9.17) is 12.2 Å². The summed E-state index contributed by atoms with van der Waals surface area (Å²) in [6.07, 6.45) is 1.12. The number of hydrogen-bond acceptors (Lipinski definition) is 5. The van der Waals surface area contributed by atoms with Crippen molar-refractivity contribution in [2.24, 2.45) is 0 Å². The molecule has 28 heavy (non-hydrogen) atoms. The number of rotatable bonds is 7. The molecule has 1 aromatic carbocycles. The number of amides is 1. The SMILES string of the molecule is CCC(C)Sc1ccc(NC(=O)C(C)n2c(-c3cccs3)n[nH]c2=S)c(C)c1. The van der Waals surface area contributed by atoms with Crippen LogP contribution in [0, 0.1) is 11.7 Å². The molecule has 2 unspecified atom stereocenters. The second-order valence-corrected chi connectivity index (χ2v) is 9.52. The molecule has 0 saturated heterocycles. The molecule has 8 heteroatoms. The molecule has 2 aromatic heterocycles. The van der Waals surface area contributed by atoms with Gasteiger partial charge in [-0.15, -0.1) is 23.1 Å². The Morgan fingerprint density at radius 2 is 2.18 bits per heavy atom. The maximum atomic E-state index is 12.9. The van der Waals surface area contributed by atoms with E-state index in [0.717, 1.165) is 22.5 Å². The van der Waals surface area contributed by atoms with Gasteiger partial charge < -0.3 is 5.32 Å². The molecule has 0 aliphatic rings. The number of nitrogens with one attached hydrogen (secondary N) is 2. The number of nitrogens with zero attached hydrogens (tertiary/aromatic N) is 2. The van der Waals surface area contributed by atoms with Crippen LogP contribution in [0.1, 0.15) is 38.8 Å². The Morgan fingerprint density at radius 3 is 2.82 bits per heavy atom. The Balaban J connectivity index is 1.79. The van der Waals surface area contributed by atoms with E-state index in [9.17, 15) is 4.79 Å². The third-order valence-corrected chi connectivity index (χ3v) is 7.00. The molecule has 0 aliphatic heterocycles. The summed E-state index contributed by atoms with van der Waals surface area (Å²) in [5.74, 6) is 0.556. The van der Waals surface area contributed by atoms with Crippen LogP contribution in [0.4, 0.5) is 5.69 Å². The van der Waals surface area contributed by atoms with Crippen LogP contribution in [0.15, 0.2) is 40.6 Å². The van der Waals surface area contributed by atoms with E-state index in [1.165, 1.54) is 4.90 Å². The standard InChI is InChI=1S/C20H24N4OS3/c1-5-13(3)28-15-8-9-16(12(2)11-15)21-19(25)14(4)24-18(22-23-20(24)26)17-7-6-10-27-17/h6-11,13-14H,5H2,1-4H3,(H,21,25)(H,23,26). The second-order valence-electron chi connectivity index (χ2n) is 6.68. The zero-order chi connectivity index (χ0) is 20.3. The molecule has 0 spiro atoms. The second kappa shape index (κ2) is 9.07. The van der Waals surface area contributed by atoms with Crippen LogP contribution in [0.3, 0.4) is 0 Å². The third kappa shape index (κ3) is 4.56. The fourth-order valence-electron chi connectivity index (χ4n) is 2.76. The minimum absolute atomic E-state index is 0.124. The number of aromatic amines is 1. The summed E-state index contributed by atoms with van der Waals surface area (Å²) in [7, 11) is 0. The molecule has 2 atom stereocenters. The lowest BCUT2D eigenvalue weighted by Crippen LogP contribution is -2.24. The first-order valence-corrected chi connectivity index (χ1v) is 11.4. The van der Waals surface area contributed by atoms with Crippen molar-refractivity contribution in [3.8, 4) is 10.7 Å². The molecule has 0 aliphatic carbocycles.